The lowest BCUT2D eigenvalue weighted by Crippen LogP contribution is -2.22. The first-order valence-corrected chi connectivity index (χ1v) is 5.72. The van der Waals surface area contributed by atoms with E-state index < -0.39 is 0 Å². The molecule has 1 aliphatic carbocycles. The molecule has 1 unspecified atom stereocenters. The second kappa shape index (κ2) is 3.77. The molecule has 0 spiro atoms. The van der Waals surface area contributed by atoms with E-state index in [4.69, 9.17) is 0 Å². The Balaban J connectivity index is 1.70. The van der Waals surface area contributed by atoms with Crippen LogP contribution in [0.15, 0.2) is 12.3 Å². The van der Waals surface area contributed by atoms with Crippen molar-refractivity contribution in [3.05, 3.63) is 18.1 Å². The molecule has 3 rings (SSSR count). The maximum Gasteiger partial charge on any atom is 0.133 e. The summed E-state index contributed by atoms with van der Waals surface area (Å²) in [6.45, 7) is 2.15. The molecule has 2 N–H and O–H groups in total. The number of anilines is 1. The van der Waals surface area contributed by atoms with E-state index in [0.29, 0.717) is 12.0 Å². The molecule has 4 nitrogen and oxygen atoms in total. The maximum atomic E-state index is 4.55. The van der Waals surface area contributed by atoms with Gasteiger partial charge in [0.05, 0.1) is 0 Å². The lowest BCUT2D eigenvalue weighted by molar-refractivity contribution is 0.782. The van der Waals surface area contributed by atoms with Crippen molar-refractivity contribution in [1.82, 2.24) is 15.3 Å². The fourth-order valence-corrected chi connectivity index (χ4v) is 1.98. The van der Waals surface area contributed by atoms with Crippen LogP contribution in [0.5, 0.6) is 0 Å². The van der Waals surface area contributed by atoms with Gasteiger partial charge in [0.2, 0.25) is 0 Å². The van der Waals surface area contributed by atoms with Gasteiger partial charge in [0, 0.05) is 24.7 Å². The van der Waals surface area contributed by atoms with Gasteiger partial charge in [-0.1, -0.05) is 0 Å². The van der Waals surface area contributed by atoms with Crippen molar-refractivity contribution in [2.75, 3.05) is 18.4 Å². The smallest absolute Gasteiger partial charge is 0.133 e. The Morgan fingerprint density at radius 3 is 3.00 bits per heavy atom. The third-order valence-corrected chi connectivity index (χ3v) is 3.03. The molecular formula is C11H16N4. The summed E-state index contributed by atoms with van der Waals surface area (Å²) in [5, 5.41) is 6.79. The summed E-state index contributed by atoms with van der Waals surface area (Å²) in [5.74, 6) is 2.64. The number of nitrogens with one attached hydrogen (secondary N) is 2. The third-order valence-electron chi connectivity index (χ3n) is 3.03. The number of nitrogens with zero attached hydrogens (tertiary/aromatic N) is 2. The molecule has 1 aromatic rings. The molecule has 0 radical (unpaired) electrons. The van der Waals surface area contributed by atoms with Crippen LogP contribution in [-0.2, 0) is 0 Å². The molecule has 0 bridgehead atoms. The number of aromatic nitrogens is 2. The first-order chi connectivity index (χ1) is 7.42. The first kappa shape index (κ1) is 9.09. The molecule has 1 saturated carbocycles. The van der Waals surface area contributed by atoms with Crippen LogP contribution < -0.4 is 10.6 Å². The molecule has 0 amide bonds. The number of hydrogen-bond acceptors (Lipinski definition) is 4. The molecule has 2 heterocycles. The molecule has 15 heavy (non-hydrogen) atoms. The highest BCUT2D eigenvalue weighted by Crippen LogP contribution is 2.38. The van der Waals surface area contributed by atoms with Crippen molar-refractivity contribution in [2.45, 2.75) is 31.2 Å². The van der Waals surface area contributed by atoms with Crippen molar-refractivity contribution < 1.29 is 0 Å². The fourth-order valence-electron chi connectivity index (χ4n) is 1.98. The van der Waals surface area contributed by atoms with Crippen molar-refractivity contribution in [2.24, 2.45) is 0 Å². The largest absolute Gasteiger partial charge is 0.366 e. The molecule has 0 aromatic carbocycles. The van der Waals surface area contributed by atoms with Crippen molar-refractivity contribution >= 4 is 5.82 Å². The van der Waals surface area contributed by atoms with E-state index in [9.17, 15) is 0 Å². The van der Waals surface area contributed by atoms with Gasteiger partial charge in [-0.05, 0) is 31.9 Å². The lowest BCUT2D eigenvalue weighted by atomic mass is 10.2. The molecule has 1 saturated heterocycles. The van der Waals surface area contributed by atoms with Gasteiger partial charge in [0.1, 0.15) is 11.6 Å². The Bertz CT molecular complexity index is 342. The van der Waals surface area contributed by atoms with E-state index in [-0.39, 0.29) is 0 Å². The van der Waals surface area contributed by atoms with Crippen LogP contribution in [0.2, 0.25) is 0 Å². The zero-order chi connectivity index (χ0) is 10.1. The summed E-state index contributed by atoms with van der Waals surface area (Å²) in [6, 6.07) is 2.50. The standard InChI is InChI=1S/C11H16N4/c1-2-8(1)11-13-6-4-10(15-11)14-9-3-5-12-7-9/h4,6,8-9,12H,1-3,5,7H2,(H,13,14,15). The Morgan fingerprint density at radius 1 is 1.33 bits per heavy atom. The van der Waals surface area contributed by atoms with Gasteiger partial charge < -0.3 is 10.6 Å². The highest BCUT2D eigenvalue weighted by molar-refractivity contribution is 5.35. The van der Waals surface area contributed by atoms with Crippen LogP contribution >= 0.6 is 0 Å². The average molecular weight is 204 g/mol. The summed E-state index contributed by atoms with van der Waals surface area (Å²) < 4.78 is 0. The summed E-state index contributed by atoms with van der Waals surface area (Å²) in [4.78, 5) is 8.86. The van der Waals surface area contributed by atoms with Crippen LogP contribution in [0.3, 0.4) is 0 Å². The van der Waals surface area contributed by atoms with Gasteiger partial charge in [-0.15, -0.1) is 0 Å². The minimum atomic E-state index is 0.534. The van der Waals surface area contributed by atoms with Crippen molar-refractivity contribution in [3.8, 4) is 0 Å². The van der Waals surface area contributed by atoms with Gasteiger partial charge in [-0.3, -0.25) is 0 Å². The molecule has 80 valence electrons. The van der Waals surface area contributed by atoms with Crippen LogP contribution in [0.25, 0.3) is 0 Å². The van der Waals surface area contributed by atoms with Crippen LogP contribution in [0.4, 0.5) is 5.82 Å². The Labute approximate surface area is 89.5 Å². The molecule has 1 atom stereocenters. The molecule has 1 aromatic heterocycles. The third kappa shape index (κ3) is 2.09. The summed E-state index contributed by atoms with van der Waals surface area (Å²) >= 11 is 0. The van der Waals surface area contributed by atoms with Crippen LogP contribution in [-0.4, -0.2) is 29.1 Å². The van der Waals surface area contributed by atoms with Gasteiger partial charge in [-0.2, -0.15) is 0 Å². The van der Waals surface area contributed by atoms with E-state index in [0.717, 1.165) is 24.7 Å². The van der Waals surface area contributed by atoms with Gasteiger partial charge in [-0.25, -0.2) is 9.97 Å². The van der Waals surface area contributed by atoms with E-state index >= 15 is 0 Å². The van der Waals surface area contributed by atoms with E-state index in [1.54, 1.807) is 0 Å². The first-order valence-electron chi connectivity index (χ1n) is 5.72. The quantitative estimate of drug-likeness (QED) is 0.775. The molecule has 4 heteroatoms. The molecular weight excluding hydrogens is 188 g/mol. The Hall–Kier alpha value is -1.16. The predicted molar refractivity (Wildman–Crippen MR) is 58.9 cm³/mol. The number of rotatable bonds is 3. The SMILES string of the molecule is c1cc(NC2CCNC2)nc(C2CC2)n1. The molecule has 1 aliphatic heterocycles. The minimum Gasteiger partial charge on any atom is -0.366 e. The van der Waals surface area contributed by atoms with Crippen molar-refractivity contribution in [3.63, 3.8) is 0 Å². The van der Waals surface area contributed by atoms with Crippen LogP contribution in [0.1, 0.15) is 31.0 Å². The minimum absolute atomic E-state index is 0.534. The lowest BCUT2D eigenvalue weighted by Gasteiger charge is -2.12. The summed E-state index contributed by atoms with van der Waals surface area (Å²) in [6.07, 6.45) is 5.57. The molecule has 2 aliphatic rings. The van der Waals surface area contributed by atoms with Crippen molar-refractivity contribution in [1.29, 1.82) is 0 Å². The molecule has 2 fully saturated rings. The summed E-state index contributed by atoms with van der Waals surface area (Å²) in [5.41, 5.74) is 0. The van der Waals surface area contributed by atoms with E-state index in [2.05, 4.69) is 20.6 Å². The maximum absolute atomic E-state index is 4.55. The van der Waals surface area contributed by atoms with Crippen LogP contribution in [0, 0.1) is 0 Å². The monoisotopic (exact) mass is 204 g/mol. The van der Waals surface area contributed by atoms with Gasteiger partial charge >= 0.3 is 0 Å². The Morgan fingerprint density at radius 2 is 2.27 bits per heavy atom. The second-order valence-electron chi connectivity index (χ2n) is 4.41. The average Bonchev–Trinajstić information content (AvgIpc) is 3.00. The van der Waals surface area contributed by atoms with E-state index in [1.165, 1.54) is 19.3 Å². The van der Waals surface area contributed by atoms with Gasteiger partial charge in [0.15, 0.2) is 0 Å². The Kier molecular flexibility index (Phi) is 2.29. The van der Waals surface area contributed by atoms with E-state index in [1.807, 2.05) is 12.3 Å². The normalized spacial score (nSPS) is 25.5. The zero-order valence-electron chi connectivity index (χ0n) is 8.74. The highest BCUT2D eigenvalue weighted by atomic mass is 15.1. The highest BCUT2D eigenvalue weighted by Gasteiger charge is 2.26. The number of hydrogen-bond donors (Lipinski definition) is 2. The second-order valence-corrected chi connectivity index (χ2v) is 4.41. The predicted octanol–water partition coefficient (Wildman–Crippen LogP) is 1.13. The summed E-state index contributed by atoms with van der Waals surface area (Å²) in [7, 11) is 0. The topological polar surface area (TPSA) is 49.8 Å². The fraction of sp³-hybridized carbons (Fsp3) is 0.636. The zero-order valence-corrected chi connectivity index (χ0v) is 8.74. The van der Waals surface area contributed by atoms with Gasteiger partial charge in [0.25, 0.3) is 0 Å².